The molecule has 0 spiro atoms. The SMILES string of the molecule is CC(Sc1ccccc1)C(=O)NCC(O)c1c(F)cccc1F. The lowest BCUT2D eigenvalue weighted by Crippen LogP contribution is -2.34. The Morgan fingerprint density at radius 3 is 2.35 bits per heavy atom. The number of carbonyl (C=O) groups is 1. The molecule has 0 bridgehead atoms. The number of hydrogen-bond acceptors (Lipinski definition) is 3. The van der Waals surface area contributed by atoms with Crippen molar-refractivity contribution in [3.8, 4) is 0 Å². The first-order chi connectivity index (χ1) is 11.0. The molecule has 3 nitrogen and oxygen atoms in total. The number of benzene rings is 2. The van der Waals surface area contributed by atoms with Gasteiger partial charge in [-0.25, -0.2) is 8.78 Å². The maximum Gasteiger partial charge on any atom is 0.233 e. The molecule has 1 amide bonds. The van der Waals surface area contributed by atoms with Crippen molar-refractivity contribution >= 4 is 17.7 Å². The first-order valence-corrected chi connectivity index (χ1v) is 7.98. The van der Waals surface area contributed by atoms with E-state index in [-0.39, 0.29) is 12.5 Å². The predicted molar refractivity (Wildman–Crippen MR) is 86.1 cm³/mol. The minimum atomic E-state index is -1.44. The summed E-state index contributed by atoms with van der Waals surface area (Å²) in [6.07, 6.45) is -1.44. The van der Waals surface area contributed by atoms with Gasteiger partial charge in [-0.3, -0.25) is 4.79 Å². The number of thioether (sulfide) groups is 1. The fourth-order valence-corrected chi connectivity index (χ4v) is 2.94. The van der Waals surface area contributed by atoms with Crippen molar-refractivity contribution in [1.29, 1.82) is 0 Å². The molecule has 2 N–H and O–H groups in total. The second kappa shape index (κ2) is 8.08. The largest absolute Gasteiger partial charge is 0.386 e. The van der Waals surface area contributed by atoms with Gasteiger partial charge >= 0.3 is 0 Å². The Labute approximate surface area is 137 Å². The van der Waals surface area contributed by atoms with Crippen molar-refractivity contribution < 1.29 is 18.7 Å². The number of nitrogens with one attached hydrogen (secondary N) is 1. The number of aliphatic hydroxyl groups is 1. The highest BCUT2D eigenvalue weighted by Crippen LogP contribution is 2.23. The first-order valence-electron chi connectivity index (χ1n) is 7.10. The van der Waals surface area contributed by atoms with E-state index in [1.807, 2.05) is 30.3 Å². The van der Waals surface area contributed by atoms with Crippen molar-refractivity contribution in [1.82, 2.24) is 5.32 Å². The fraction of sp³-hybridized carbons (Fsp3) is 0.235. The number of amides is 1. The molecule has 0 aliphatic carbocycles. The van der Waals surface area contributed by atoms with Crippen LogP contribution in [0.1, 0.15) is 18.6 Å². The van der Waals surface area contributed by atoms with Gasteiger partial charge in [-0.05, 0) is 31.2 Å². The van der Waals surface area contributed by atoms with E-state index < -0.39 is 28.6 Å². The second-order valence-corrected chi connectivity index (χ2v) is 6.38. The Balaban J connectivity index is 1.91. The van der Waals surface area contributed by atoms with Gasteiger partial charge in [-0.1, -0.05) is 24.3 Å². The number of hydrogen-bond donors (Lipinski definition) is 2. The Morgan fingerprint density at radius 2 is 1.74 bits per heavy atom. The van der Waals surface area contributed by atoms with Crippen LogP contribution in [0.5, 0.6) is 0 Å². The van der Waals surface area contributed by atoms with Crippen LogP contribution >= 0.6 is 11.8 Å². The number of carbonyl (C=O) groups excluding carboxylic acids is 1. The molecule has 0 saturated heterocycles. The normalized spacial score (nSPS) is 13.4. The summed E-state index contributed by atoms with van der Waals surface area (Å²) in [5.74, 6) is -1.98. The van der Waals surface area contributed by atoms with Gasteiger partial charge in [0.25, 0.3) is 0 Å². The van der Waals surface area contributed by atoms with Crippen molar-refractivity contribution in [2.24, 2.45) is 0 Å². The van der Waals surface area contributed by atoms with Crippen molar-refractivity contribution in [2.45, 2.75) is 23.2 Å². The van der Waals surface area contributed by atoms with E-state index in [1.54, 1.807) is 6.92 Å². The van der Waals surface area contributed by atoms with E-state index in [4.69, 9.17) is 0 Å². The Kier molecular flexibility index (Phi) is 6.12. The molecular weight excluding hydrogens is 320 g/mol. The van der Waals surface area contributed by atoms with Crippen LogP contribution in [0.4, 0.5) is 8.78 Å². The molecule has 0 radical (unpaired) electrons. The fourth-order valence-electron chi connectivity index (χ4n) is 2.03. The predicted octanol–water partition coefficient (Wildman–Crippen LogP) is 3.30. The molecule has 23 heavy (non-hydrogen) atoms. The summed E-state index contributed by atoms with van der Waals surface area (Å²) in [5.41, 5.74) is -0.434. The summed E-state index contributed by atoms with van der Waals surface area (Å²) >= 11 is 1.36. The zero-order chi connectivity index (χ0) is 16.8. The quantitative estimate of drug-likeness (QED) is 0.795. The molecule has 2 atom stereocenters. The van der Waals surface area contributed by atoms with Gasteiger partial charge in [0.1, 0.15) is 17.7 Å². The maximum atomic E-state index is 13.6. The van der Waals surface area contributed by atoms with Gasteiger partial charge in [-0.15, -0.1) is 11.8 Å². The molecule has 2 unspecified atom stereocenters. The van der Waals surface area contributed by atoms with Crippen LogP contribution in [0.2, 0.25) is 0 Å². The number of aliphatic hydroxyl groups excluding tert-OH is 1. The summed E-state index contributed by atoms with van der Waals surface area (Å²) in [6, 6.07) is 12.8. The summed E-state index contributed by atoms with van der Waals surface area (Å²) in [4.78, 5) is 13.0. The van der Waals surface area contributed by atoms with Crippen LogP contribution in [0.3, 0.4) is 0 Å². The summed E-state index contributed by atoms with van der Waals surface area (Å²) in [5, 5.41) is 12.0. The highest BCUT2D eigenvalue weighted by molar-refractivity contribution is 8.00. The minimum absolute atomic E-state index is 0.254. The third-order valence-corrected chi connectivity index (χ3v) is 4.34. The molecule has 0 aliphatic heterocycles. The van der Waals surface area contributed by atoms with Gasteiger partial charge in [0.15, 0.2) is 0 Å². The molecule has 0 aromatic heterocycles. The number of halogens is 2. The molecule has 122 valence electrons. The lowest BCUT2D eigenvalue weighted by atomic mass is 10.1. The molecule has 2 aromatic rings. The van der Waals surface area contributed by atoms with Crippen LogP contribution in [0, 0.1) is 11.6 Å². The average molecular weight is 337 g/mol. The Bertz CT molecular complexity index is 647. The Hall–Kier alpha value is -1.92. The molecule has 2 rings (SSSR count). The third kappa shape index (κ3) is 4.77. The summed E-state index contributed by atoms with van der Waals surface area (Å²) in [7, 11) is 0. The molecule has 6 heteroatoms. The maximum absolute atomic E-state index is 13.6. The third-order valence-electron chi connectivity index (χ3n) is 3.23. The molecule has 2 aromatic carbocycles. The van der Waals surface area contributed by atoms with Gasteiger partial charge in [0.05, 0.1) is 10.8 Å². The highest BCUT2D eigenvalue weighted by Gasteiger charge is 2.20. The zero-order valence-electron chi connectivity index (χ0n) is 12.5. The van der Waals surface area contributed by atoms with Crippen molar-refractivity contribution in [2.75, 3.05) is 6.54 Å². The highest BCUT2D eigenvalue weighted by atomic mass is 32.2. The van der Waals surface area contributed by atoms with Gasteiger partial charge in [0.2, 0.25) is 5.91 Å². The molecule has 0 aliphatic rings. The monoisotopic (exact) mass is 337 g/mol. The molecular formula is C17H17F2NO2S. The second-order valence-electron chi connectivity index (χ2n) is 4.97. The van der Waals surface area contributed by atoms with Crippen LogP contribution in [-0.2, 0) is 4.79 Å². The van der Waals surface area contributed by atoms with Crippen LogP contribution in [0.15, 0.2) is 53.4 Å². The first kappa shape index (κ1) is 17.4. The van der Waals surface area contributed by atoms with Crippen LogP contribution in [-0.4, -0.2) is 22.8 Å². The van der Waals surface area contributed by atoms with Gasteiger partial charge < -0.3 is 10.4 Å². The van der Waals surface area contributed by atoms with E-state index in [0.717, 1.165) is 17.0 Å². The average Bonchev–Trinajstić information content (AvgIpc) is 2.53. The van der Waals surface area contributed by atoms with E-state index in [9.17, 15) is 18.7 Å². The van der Waals surface area contributed by atoms with Crippen LogP contribution < -0.4 is 5.32 Å². The van der Waals surface area contributed by atoms with E-state index in [0.29, 0.717) is 0 Å². The topological polar surface area (TPSA) is 49.3 Å². The van der Waals surface area contributed by atoms with Crippen molar-refractivity contribution in [3.05, 3.63) is 65.7 Å². The van der Waals surface area contributed by atoms with E-state index in [1.165, 1.54) is 17.8 Å². The van der Waals surface area contributed by atoms with Crippen molar-refractivity contribution in [3.63, 3.8) is 0 Å². The summed E-state index contributed by atoms with van der Waals surface area (Å²) in [6.45, 7) is 1.47. The standard InChI is InChI=1S/C17H17F2NO2S/c1-11(23-12-6-3-2-4-7-12)17(22)20-10-15(21)16-13(18)8-5-9-14(16)19/h2-9,11,15,21H,10H2,1H3,(H,20,22). The molecule has 0 saturated carbocycles. The molecule has 0 heterocycles. The zero-order valence-corrected chi connectivity index (χ0v) is 13.3. The lowest BCUT2D eigenvalue weighted by molar-refractivity contribution is -0.120. The lowest BCUT2D eigenvalue weighted by Gasteiger charge is -2.16. The van der Waals surface area contributed by atoms with Gasteiger partial charge in [-0.2, -0.15) is 0 Å². The van der Waals surface area contributed by atoms with E-state index >= 15 is 0 Å². The smallest absolute Gasteiger partial charge is 0.233 e. The summed E-state index contributed by atoms with van der Waals surface area (Å²) < 4.78 is 27.1. The Morgan fingerprint density at radius 1 is 1.13 bits per heavy atom. The van der Waals surface area contributed by atoms with Gasteiger partial charge in [0, 0.05) is 11.4 Å². The van der Waals surface area contributed by atoms with Crippen LogP contribution in [0.25, 0.3) is 0 Å². The molecule has 0 fully saturated rings. The minimum Gasteiger partial charge on any atom is -0.386 e. The number of rotatable bonds is 6. The van der Waals surface area contributed by atoms with E-state index in [2.05, 4.69) is 5.32 Å².